The van der Waals surface area contributed by atoms with E-state index in [1.807, 2.05) is 18.2 Å². The summed E-state index contributed by atoms with van der Waals surface area (Å²) in [6.07, 6.45) is 0. The molecule has 0 atom stereocenters. The molecular weight excluding hydrogens is 326 g/mol. The molecule has 0 unspecified atom stereocenters. The summed E-state index contributed by atoms with van der Waals surface area (Å²) in [6.45, 7) is 7.93. The van der Waals surface area contributed by atoms with Crippen LogP contribution in [0.2, 0.25) is 0 Å². The van der Waals surface area contributed by atoms with Gasteiger partial charge in [-0.2, -0.15) is 0 Å². The lowest BCUT2D eigenvalue weighted by Crippen LogP contribution is -2.07. The minimum absolute atomic E-state index is 0.521. The van der Waals surface area contributed by atoms with E-state index in [2.05, 4.69) is 66.3 Å². The van der Waals surface area contributed by atoms with Crippen LogP contribution in [0.25, 0.3) is 0 Å². The number of ether oxygens (including phenoxy) is 1. The van der Waals surface area contributed by atoms with Crippen LogP contribution in [0, 0.1) is 12.8 Å². The average Bonchev–Trinajstić information content (AvgIpc) is 2.47. The highest BCUT2D eigenvalue weighted by Gasteiger charge is 2.04. The number of benzene rings is 2. The van der Waals surface area contributed by atoms with Crippen molar-refractivity contribution in [2.75, 3.05) is 11.9 Å². The number of hydrogen-bond donors (Lipinski definition) is 1. The lowest BCUT2D eigenvalue weighted by molar-refractivity contribution is 0.272. The number of nitrogens with one attached hydrogen (secondary N) is 1. The maximum Gasteiger partial charge on any atom is 0.142 e. The zero-order chi connectivity index (χ0) is 15.2. The molecule has 0 fully saturated rings. The first-order valence-corrected chi connectivity index (χ1v) is 8.06. The van der Waals surface area contributed by atoms with Gasteiger partial charge in [0.25, 0.3) is 0 Å². The summed E-state index contributed by atoms with van der Waals surface area (Å²) >= 11 is 3.53. The SMILES string of the molecule is Cc1cc(CNc2ccccc2OCC(C)C)ccc1Br. The molecule has 2 aromatic carbocycles. The molecule has 2 nitrogen and oxygen atoms in total. The molecule has 0 aliphatic carbocycles. The minimum Gasteiger partial charge on any atom is -0.491 e. The van der Waals surface area contributed by atoms with Gasteiger partial charge < -0.3 is 10.1 Å². The van der Waals surface area contributed by atoms with Crippen LogP contribution >= 0.6 is 15.9 Å². The third kappa shape index (κ3) is 4.78. The van der Waals surface area contributed by atoms with Crippen LogP contribution in [0.1, 0.15) is 25.0 Å². The highest BCUT2D eigenvalue weighted by Crippen LogP contribution is 2.25. The van der Waals surface area contributed by atoms with E-state index in [0.29, 0.717) is 5.92 Å². The van der Waals surface area contributed by atoms with Crippen molar-refractivity contribution in [3.63, 3.8) is 0 Å². The Morgan fingerprint density at radius 2 is 1.90 bits per heavy atom. The van der Waals surface area contributed by atoms with Gasteiger partial charge in [0.15, 0.2) is 0 Å². The van der Waals surface area contributed by atoms with Crippen LogP contribution in [-0.2, 0) is 6.54 Å². The molecule has 0 aliphatic heterocycles. The first-order valence-electron chi connectivity index (χ1n) is 7.27. The molecule has 1 N–H and O–H groups in total. The molecule has 2 rings (SSSR count). The second kappa shape index (κ2) is 7.51. The van der Waals surface area contributed by atoms with Gasteiger partial charge >= 0.3 is 0 Å². The summed E-state index contributed by atoms with van der Waals surface area (Å²) in [6, 6.07) is 14.5. The summed E-state index contributed by atoms with van der Waals surface area (Å²) in [5.74, 6) is 1.44. The Kier molecular flexibility index (Phi) is 5.68. The Balaban J connectivity index is 2.03. The third-order valence-electron chi connectivity index (χ3n) is 3.16. The Labute approximate surface area is 135 Å². The first kappa shape index (κ1) is 15.9. The van der Waals surface area contributed by atoms with E-state index < -0.39 is 0 Å². The van der Waals surface area contributed by atoms with Crippen molar-refractivity contribution in [1.29, 1.82) is 0 Å². The Morgan fingerprint density at radius 3 is 2.62 bits per heavy atom. The van der Waals surface area contributed by atoms with Gasteiger partial charge in [-0.1, -0.05) is 54.0 Å². The zero-order valence-electron chi connectivity index (χ0n) is 12.8. The van der Waals surface area contributed by atoms with E-state index in [4.69, 9.17) is 4.74 Å². The van der Waals surface area contributed by atoms with E-state index in [9.17, 15) is 0 Å². The van der Waals surface area contributed by atoms with Crippen LogP contribution in [-0.4, -0.2) is 6.61 Å². The van der Waals surface area contributed by atoms with Crippen molar-refractivity contribution in [3.05, 3.63) is 58.1 Å². The standard InChI is InChI=1S/C18H22BrNO/c1-13(2)12-21-18-7-5-4-6-17(18)20-11-15-8-9-16(19)14(3)10-15/h4-10,13,20H,11-12H2,1-3H3. The highest BCUT2D eigenvalue weighted by atomic mass is 79.9. The molecule has 3 heteroatoms. The maximum absolute atomic E-state index is 5.86. The second-order valence-electron chi connectivity index (χ2n) is 5.64. The Bertz CT molecular complexity index is 596. The fourth-order valence-corrected chi connectivity index (χ4v) is 2.26. The maximum atomic E-state index is 5.86. The van der Waals surface area contributed by atoms with Gasteiger partial charge in [0, 0.05) is 11.0 Å². The molecule has 2 aromatic rings. The average molecular weight is 348 g/mol. The fraction of sp³-hybridized carbons (Fsp3) is 0.333. The number of hydrogen-bond acceptors (Lipinski definition) is 2. The van der Waals surface area contributed by atoms with Gasteiger partial charge in [0.05, 0.1) is 12.3 Å². The summed E-state index contributed by atoms with van der Waals surface area (Å²) < 4.78 is 7.01. The van der Waals surface area contributed by atoms with Crippen molar-refractivity contribution in [1.82, 2.24) is 0 Å². The predicted octanol–water partition coefficient (Wildman–Crippen LogP) is 5.40. The highest BCUT2D eigenvalue weighted by molar-refractivity contribution is 9.10. The van der Waals surface area contributed by atoms with Crippen LogP contribution < -0.4 is 10.1 Å². The molecular formula is C18H22BrNO. The van der Waals surface area contributed by atoms with Gasteiger partial charge in [0.2, 0.25) is 0 Å². The number of rotatable bonds is 6. The summed E-state index contributed by atoms with van der Waals surface area (Å²) in [7, 11) is 0. The number of halogens is 1. The van der Waals surface area contributed by atoms with Crippen LogP contribution in [0.4, 0.5) is 5.69 Å². The van der Waals surface area contributed by atoms with Gasteiger partial charge in [-0.05, 0) is 42.2 Å². The van der Waals surface area contributed by atoms with Gasteiger partial charge in [-0.15, -0.1) is 0 Å². The minimum atomic E-state index is 0.521. The molecule has 0 heterocycles. The van der Waals surface area contributed by atoms with E-state index >= 15 is 0 Å². The topological polar surface area (TPSA) is 21.3 Å². The molecule has 0 aromatic heterocycles. The normalized spacial score (nSPS) is 10.7. The van der Waals surface area contributed by atoms with E-state index in [1.54, 1.807) is 0 Å². The number of anilines is 1. The lowest BCUT2D eigenvalue weighted by Gasteiger charge is -2.15. The van der Waals surface area contributed by atoms with Crippen molar-refractivity contribution in [2.45, 2.75) is 27.3 Å². The van der Waals surface area contributed by atoms with Gasteiger partial charge in [-0.3, -0.25) is 0 Å². The largest absolute Gasteiger partial charge is 0.491 e. The van der Waals surface area contributed by atoms with Crippen LogP contribution in [0.3, 0.4) is 0 Å². The van der Waals surface area contributed by atoms with Crippen molar-refractivity contribution >= 4 is 21.6 Å². The number of aryl methyl sites for hydroxylation is 1. The van der Waals surface area contributed by atoms with Gasteiger partial charge in [-0.25, -0.2) is 0 Å². The van der Waals surface area contributed by atoms with E-state index in [-0.39, 0.29) is 0 Å². The molecule has 0 bridgehead atoms. The number of para-hydroxylation sites is 2. The van der Waals surface area contributed by atoms with Crippen molar-refractivity contribution < 1.29 is 4.74 Å². The lowest BCUT2D eigenvalue weighted by atomic mass is 10.1. The van der Waals surface area contributed by atoms with Crippen LogP contribution in [0.15, 0.2) is 46.9 Å². The predicted molar refractivity (Wildman–Crippen MR) is 93.0 cm³/mol. The molecule has 0 radical (unpaired) electrons. The summed E-state index contributed by atoms with van der Waals surface area (Å²) in [4.78, 5) is 0. The van der Waals surface area contributed by atoms with Crippen LogP contribution in [0.5, 0.6) is 5.75 Å². The molecule has 0 amide bonds. The smallest absolute Gasteiger partial charge is 0.142 e. The molecule has 112 valence electrons. The van der Waals surface area contributed by atoms with Crippen molar-refractivity contribution in [2.24, 2.45) is 5.92 Å². The molecule has 0 aliphatic rings. The van der Waals surface area contributed by atoms with Gasteiger partial charge in [0.1, 0.15) is 5.75 Å². The first-order chi connectivity index (χ1) is 10.1. The van der Waals surface area contributed by atoms with E-state index in [0.717, 1.165) is 29.1 Å². The van der Waals surface area contributed by atoms with Crippen molar-refractivity contribution in [3.8, 4) is 5.75 Å². The Hall–Kier alpha value is -1.48. The zero-order valence-corrected chi connectivity index (χ0v) is 14.4. The summed E-state index contributed by atoms with van der Waals surface area (Å²) in [5.41, 5.74) is 3.55. The van der Waals surface area contributed by atoms with E-state index in [1.165, 1.54) is 11.1 Å². The monoisotopic (exact) mass is 347 g/mol. The molecule has 0 saturated carbocycles. The Morgan fingerprint density at radius 1 is 1.14 bits per heavy atom. The molecule has 0 saturated heterocycles. The fourth-order valence-electron chi connectivity index (χ4n) is 2.01. The molecule has 0 spiro atoms. The summed E-state index contributed by atoms with van der Waals surface area (Å²) in [5, 5.41) is 3.46. The quantitative estimate of drug-likeness (QED) is 0.754. The molecule has 21 heavy (non-hydrogen) atoms. The second-order valence-corrected chi connectivity index (χ2v) is 6.49. The third-order valence-corrected chi connectivity index (χ3v) is 4.05.